The molecule has 0 spiro atoms. The largest absolute Gasteiger partial charge is 0.392 e. The maximum atomic E-state index is 12.4. The minimum Gasteiger partial charge on any atom is -0.392 e. The summed E-state index contributed by atoms with van der Waals surface area (Å²) >= 11 is 0. The van der Waals surface area contributed by atoms with E-state index in [1.54, 1.807) is 0 Å². The number of carbonyl (C=O) groups excluding carboxylic acids is 1. The lowest BCUT2D eigenvalue weighted by Crippen LogP contribution is -2.54. The van der Waals surface area contributed by atoms with Gasteiger partial charge in [-0.25, -0.2) is 0 Å². The molecular weight excluding hydrogens is 242 g/mol. The number of aliphatic hydroxyl groups is 2. The van der Waals surface area contributed by atoms with Crippen LogP contribution in [-0.2, 0) is 4.79 Å². The van der Waals surface area contributed by atoms with Crippen molar-refractivity contribution in [2.45, 2.75) is 63.1 Å². The third-order valence-corrected chi connectivity index (χ3v) is 5.39. The van der Waals surface area contributed by atoms with Crippen molar-refractivity contribution in [1.82, 2.24) is 4.90 Å². The van der Waals surface area contributed by atoms with Gasteiger partial charge in [-0.2, -0.15) is 0 Å². The lowest BCUT2D eigenvalue weighted by molar-refractivity contribution is -0.144. The Hall–Kier alpha value is -0.610. The third kappa shape index (κ3) is 2.65. The first-order valence-corrected chi connectivity index (χ1v) is 7.76. The van der Waals surface area contributed by atoms with E-state index in [4.69, 9.17) is 0 Å². The lowest BCUT2D eigenvalue weighted by atomic mass is 9.75. The highest BCUT2D eigenvalue weighted by Gasteiger charge is 2.41. The molecule has 2 bridgehead atoms. The minimum atomic E-state index is -0.748. The van der Waals surface area contributed by atoms with E-state index >= 15 is 0 Å². The number of carbonyl (C=O) groups is 1. The van der Waals surface area contributed by atoms with Crippen molar-refractivity contribution in [3.05, 3.63) is 0 Å². The number of amides is 1. The molecule has 0 aromatic carbocycles. The van der Waals surface area contributed by atoms with Gasteiger partial charge >= 0.3 is 0 Å². The van der Waals surface area contributed by atoms with E-state index in [9.17, 15) is 15.0 Å². The van der Waals surface area contributed by atoms with Crippen LogP contribution in [0.1, 0.15) is 51.4 Å². The molecule has 3 aliphatic rings. The van der Waals surface area contributed by atoms with Gasteiger partial charge in [0.05, 0.1) is 18.1 Å². The van der Waals surface area contributed by atoms with E-state index < -0.39 is 5.60 Å². The molecule has 1 heterocycles. The zero-order chi connectivity index (χ0) is 13.5. The topological polar surface area (TPSA) is 60.8 Å². The summed E-state index contributed by atoms with van der Waals surface area (Å²) < 4.78 is 0. The van der Waals surface area contributed by atoms with Crippen molar-refractivity contribution in [2.24, 2.45) is 11.8 Å². The van der Waals surface area contributed by atoms with Gasteiger partial charge in [-0.15, -0.1) is 0 Å². The van der Waals surface area contributed by atoms with E-state index in [-0.39, 0.29) is 30.3 Å². The molecule has 1 aliphatic heterocycles. The van der Waals surface area contributed by atoms with Gasteiger partial charge in [0.2, 0.25) is 5.91 Å². The molecule has 0 radical (unpaired) electrons. The van der Waals surface area contributed by atoms with Gasteiger partial charge in [-0.3, -0.25) is 4.79 Å². The summed E-state index contributed by atoms with van der Waals surface area (Å²) in [5.74, 6) is 0.609. The Labute approximate surface area is 114 Å². The lowest BCUT2D eigenvalue weighted by Gasteiger charge is -2.45. The van der Waals surface area contributed by atoms with Crippen molar-refractivity contribution in [3.63, 3.8) is 0 Å². The van der Waals surface area contributed by atoms with E-state index in [2.05, 4.69) is 0 Å². The molecule has 1 saturated heterocycles. The summed E-state index contributed by atoms with van der Waals surface area (Å²) in [6.07, 6.45) is 6.91. The highest BCUT2D eigenvalue weighted by molar-refractivity contribution is 5.77. The summed E-state index contributed by atoms with van der Waals surface area (Å²) in [7, 11) is 0. The van der Waals surface area contributed by atoms with Crippen LogP contribution in [-0.4, -0.2) is 45.8 Å². The summed E-state index contributed by atoms with van der Waals surface area (Å²) in [6, 6.07) is 0. The number of rotatable bonds is 2. The highest BCUT2D eigenvalue weighted by Crippen LogP contribution is 2.37. The van der Waals surface area contributed by atoms with Gasteiger partial charge < -0.3 is 15.1 Å². The molecule has 0 aromatic rings. The van der Waals surface area contributed by atoms with E-state index in [0.29, 0.717) is 13.1 Å². The first kappa shape index (κ1) is 13.4. The van der Waals surface area contributed by atoms with E-state index in [1.165, 1.54) is 6.42 Å². The Morgan fingerprint density at radius 1 is 1.11 bits per heavy atom. The molecule has 1 unspecified atom stereocenters. The Bertz CT molecular complexity index is 337. The molecule has 3 atom stereocenters. The Kier molecular flexibility index (Phi) is 3.56. The second-order valence-electron chi connectivity index (χ2n) is 6.85. The Balaban J connectivity index is 1.61. The zero-order valence-corrected chi connectivity index (χ0v) is 11.6. The van der Waals surface area contributed by atoms with Crippen LogP contribution in [0.5, 0.6) is 0 Å². The van der Waals surface area contributed by atoms with Crippen LogP contribution in [0.4, 0.5) is 0 Å². The standard InChI is InChI=1S/C15H25NO3/c17-13(8-15(19)6-1-2-7-15)16-9-11-4-3-5-12(10-16)14(11)18/h11-12,14,18-19H,1-10H2/t11-,12+,14?. The molecule has 3 fully saturated rings. The normalized spacial score (nSPS) is 37.4. The molecule has 3 rings (SSSR count). The molecule has 1 amide bonds. The van der Waals surface area contributed by atoms with E-state index in [1.807, 2.05) is 4.90 Å². The average Bonchev–Trinajstić information content (AvgIpc) is 2.75. The molecule has 2 aliphatic carbocycles. The predicted octanol–water partition coefficient (Wildman–Crippen LogP) is 1.30. The highest BCUT2D eigenvalue weighted by atomic mass is 16.3. The maximum absolute atomic E-state index is 12.4. The summed E-state index contributed by atoms with van der Waals surface area (Å²) in [4.78, 5) is 14.3. The van der Waals surface area contributed by atoms with Crippen LogP contribution in [0, 0.1) is 11.8 Å². The third-order valence-electron chi connectivity index (χ3n) is 5.39. The van der Waals surface area contributed by atoms with E-state index in [0.717, 1.165) is 38.5 Å². The van der Waals surface area contributed by atoms with Crippen LogP contribution in [0.25, 0.3) is 0 Å². The van der Waals surface area contributed by atoms with Crippen molar-refractivity contribution >= 4 is 5.91 Å². The van der Waals surface area contributed by atoms with Crippen LogP contribution < -0.4 is 0 Å². The molecule has 0 aromatic heterocycles. The average molecular weight is 267 g/mol. The number of hydrogen-bond acceptors (Lipinski definition) is 3. The molecule has 19 heavy (non-hydrogen) atoms. The first-order chi connectivity index (χ1) is 9.07. The summed E-state index contributed by atoms with van der Waals surface area (Å²) in [5, 5.41) is 20.5. The van der Waals surface area contributed by atoms with Gasteiger partial charge in [0.25, 0.3) is 0 Å². The summed E-state index contributed by atoms with van der Waals surface area (Å²) in [5.41, 5.74) is -0.748. The Morgan fingerprint density at radius 3 is 2.26 bits per heavy atom. The molecule has 2 saturated carbocycles. The maximum Gasteiger partial charge on any atom is 0.225 e. The van der Waals surface area contributed by atoms with Crippen LogP contribution in [0.15, 0.2) is 0 Å². The number of nitrogens with zero attached hydrogens (tertiary/aromatic N) is 1. The molecule has 2 N–H and O–H groups in total. The SMILES string of the molecule is O=C(CC1(O)CCCC1)N1C[C@H]2CCC[C@@H](C1)C2O. The summed E-state index contributed by atoms with van der Waals surface area (Å²) in [6.45, 7) is 1.37. The van der Waals surface area contributed by atoms with Crippen molar-refractivity contribution in [2.75, 3.05) is 13.1 Å². The monoisotopic (exact) mass is 267 g/mol. The quantitative estimate of drug-likeness (QED) is 0.793. The van der Waals surface area contributed by atoms with Gasteiger partial charge in [0, 0.05) is 24.9 Å². The zero-order valence-electron chi connectivity index (χ0n) is 11.6. The van der Waals surface area contributed by atoms with Crippen molar-refractivity contribution in [1.29, 1.82) is 0 Å². The number of hydrogen-bond donors (Lipinski definition) is 2. The second kappa shape index (κ2) is 5.06. The van der Waals surface area contributed by atoms with Crippen LogP contribution >= 0.6 is 0 Å². The first-order valence-electron chi connectivity index (χ1n) is 7.76. The number of likely N-dealkylation sites (tertiary alicyclic amines) is 1. The van der Waals surface area contributed by atoms with Gasteiger partial charge in [-0.1, -0.05) is 19.3 Å². The fourth-order valence-electron chi connectivity index (χ4n) is 4.21. The second-order valence-corrected chi connectivity index (χ2v) is 6.85. The number of aliphatic hydroxyl groups excluding tert-OH is 1. The molecule has 4 heteroatoms. The van der Waals surface area contributed by atoms with Crippen molar-refractivity contribution < 1.29 is 15.0 Å². The number of fused-ring (bicyclic) bond motifs is 2. The van der Waals surface area contributed by atoms with Gasteiger partial charge in [-0.05, 0) is 25.7 Å². The van der Waals surface area contributed by atoms with Crippen molar-refractivity contribution in [3.8, 4) is 0 Å². The number of piperidine rings is 1. The smallest absolute Gasteiger partial charge is 0.225 e. The van der Waals surface area contributed by atoms with Gasteiger partial charge in [0.1, 0.15) is 0 Å². The fraction of sp³-hybridized carbons (Fsp3) is 0.933. The Morgan fingerprint density at radius 2 is 1.68 bits per heavy atom. The van der Waals surface area contributed by atoms with Crippen LogP contribution in [0.3, 0.4) is 0 Å². The molecule has 4 nitrogen and oxygen atoms in total. The van der Waals surface area contributed by atoms with Gasteiger partial charge in [0.15, 0.2) is 0 Å². The minimum absolute atomic E-state index is 0.0909. The predicted molar refractivity (Wildman–Crippen MR) is 71.5 cm³/mol. The van der Waals surface area contributed by atoms with Crippen LogP contribution in [0.2, 0.25) is 0 Å². The molecule has 108 valence electrons. The molecular formula is C15H25NO3. The fourth-order valence-corrected chi connectivity index (χ4v) is 4.21.